The maximum atomic E-state index is 12.3. The van der Waals surface area contributed by atoms with E-state index in [2.05, 4.69) is 38.4 Å². The molecule has 19 heavy (non-hydrogen) atoms. The quantitative estimate of drug-likeness (QED) is 0.578. The summed E-state index contributed by atoms with van der Waals surface area (Å²) in [7, 11) is 0. The fraction of sp³-hybridized carbons (Fsp3) is 0.533. The first kappa shape index (κ1) is 13.9. The van der Waals surface area contributed by atoms with Gasteiger partial charge in [0.05, 0.1) is 0 Å². The fourth-order valence-corrected chi connectivity index (χ4v) is 2.77. The number of aryl methyl sites for hydroxylation is 1. The van der Waals surface area contributed by atoms with Crippen molar-refractivity contribution in [2.24, 2.45) is 16.7 Å². The van der Waals surface area contributed by atoms with Crippen LogP contribution < -0.4 is 16.6 Å². The topological polar surface area (TPSA) is 67.1 Å². The molecule has 104 valence electrons. The molecule has 0 aromatic heterocycles. The van der Waals surface area contributed by atoms with Gasteiger partial charge in [-0.2, -0.15) is 0 Å². The van der Waals surface area contributed by atoms with Crippen molar-refractivity contribution in [1.29, 1.82) is 0 Å². The summed E-state index contributed by atoms with van der Waals surface area (Å²) >= 11 is 0. The molecule has 0 unspecified atom stereocenters. The van der Waals surface area contributed by atoms with Crippen LogP contribution in [0.4, 0.5) is 5.69 Å². The molecule has 1 fully saturated rings. The molecule has 2 rings (SSSR count). The second-order valence-corrected chi connectivity index (χ2v) is 6.52. The molecule has 1 saturated carbocycles. The number of carbonyl (C=O) groups is 1. The van der Waals surface area contributed by atoms with Crippen LogP contribution in [-0.2, 0) is 0 Å². The predicted molar refractivity (Wildman–Crippen MR) is 77.8 cm³/mol. The van der Waals surface area contributed by atoms with E-state index in [4.69, 9.17) is 5.84 Å². The van der Waals surface area contributed by atoms with Crippen LogP contribution in [0.1, 0.15) is 43.6 Å². The van der Waals surface area contributed by atoms with E-state index >= 15 is 0 Å². The van der Waals surface area contributed by atoms with Crippen LogP contribution in [0.2, 0.25) is 0 Å². The first-order valence-electron chi connectivity index (χ1n) is 6.60. The maximum Gasteiger partial charge on any atom is 0.251 e. The second-order valence-electron chi connectivity index (χ2n) is 6.52. The monoisotopic (exact) mass is 261 g/mol. The Balaban J connectivity index is 2.14. The summed E-state index contributed by atoms with van der Waals surface area (Å²) in [6.07, 6.45) is 0. The highest BCUT2D eigenvalue weighted by Crippen LogP contribution is 2.62. The number of hydrogen-bond acceptors (Lipinski definition) is 3. The van der Waals surface area contributed by atoms with Crippen molar-refractivity contribution in [1.82, 2.24) is 5.32 Å². The Morgan fingerprint density at radius 1 is 1.21 bits per heavy atom. The van der Waals surface area contributed by atoms with Crippen molar-refractivity contribution in [3.63, 3.8) is 0 Å². The minimum absolute atomic E-state index is 0.00952. The van der Waals surface area contributed by atoms with Crippen LogP contribution in [0, 0.1) is 17.8 Å². The van der Waals surface area contributed by atoms with Gasteiger partial charge >= 0.3 is 0 Å². The highest BCUT2D eigenvalue weighted by Gasteiger charge is 2.65. The number of nitrogens with two attached hydrogens (primary N) is 1. The van der Waals surface area contributed by atoms with E-state index in [1.807, 2.05) is 25.1 Å². The zero-order valence-corrected chi connectivity index (χ0v) is 12.3. The van der Waals surface area contributed by atoms with Crippen LogP contribution in [0.3, 0.4) is 0 Å². The average molecular weight is 261 g/mol. The predicted octanol–water partition coefficient (Wildman–Crippen LogP) is 2.45. The highest BCUT2D eigenvalue weighted by molar-refractivity contribution is 5.96. The molecule has 4 nitrogen and oxygen atoms in total. The molecule has 0 bridgehead atoms. The molecule has 0 heterocycles. The number of nitrogen functional groups attached to an aromatic ring is 1. The molecule has 1 aromatic carbocycles. The molecule has 1 aliphatic carbocycles. The molecular weight excluding hydrogens is 238 g/mol. The Bertz CT molecular complexity index is 506. The van der Waals surface area contributed by atoms with E-state index in [9.17, 15) is 4.79 Å². The summed E-state index contributed by atoms with van der Waals surface area (Å²) in [6.45, 7) is 10.7. The Morgan fingerprint density at radius 2 is 1.79 bits per heavy atom. The van der Waals surface area contributed by atoms with Gasteiger partial charge < -0.3 is 10.7 Å². The van der Waals surface area contributed by atoms with Crippen molar-refractivity contribution in [3.05, 3.63) is 29.3 Å². The van der Waals surface area contributed by atoms with Crippen molar-refractivity contribution in [2.75, 3.05) is 5.43 Å². The highest BCUT2D eigenvalue weighted by atomic mass is 16.1. The third-order valence-corrected chi connectivity index (χ3v) is 4.93. The first-order chi connectivity index (χ1) is 8.71. The number of rotatable bonds is 3. The van der Waals surface area contributed by atoms with E-state index in [-0.39, 0.29) is 22.8 Å². The summed E-state index contributed by atoms with van der Waals surface area (Å²) in [4.78, 5) is 12.3. The molecule has 0 radical (unpaired) electrons. The van der Waals surface area contributed by atoms with Crippen LogP contribution in [0.5, 0.6) is 0 Å². The van der Waals surface area contributed by atoms with Gasteiger partial charge in [-0.15, -0.1) is 0 Å². The lowest BCUT2D eigenvalue weighted by atomic mass is 10.0. The minimum Gasteiger partial charge on any atom is -0.348 e. The Morgan fingerprint density at radius 3 is 2.21 bits per heavy atom. The fourth-order valence-electron chi connectivity index (χ4n) is 2.77. The molecule has 0 spiro atoms. The number of carbonyl (C=O) groups excluding carboxylic acids is 1. The van der Waals surface area contributed by atoms with E-state index in [0.717, 1.165) is 11.3 Å². The van der Waals surface area contributed by atoms with Crippen LogP contribution >= 0.6 is 0 Å². The zero-order chi connectivity index (χ0) is 14.4. The molecule has 1 amide bonds. The third-order valence-electron chi connectivity index (χ3n) is 4.93. The van der Waals surface area contributed by atoms with Crippen molar-refractivity contribution in [2.45, 2.75) is 40.7 Å². The molecule has 4 N–H and O–H groups in total. The van der Waals surface area contributed by atoms with E-state index < -0.39 is 0 Å². The summed E-state index contributed by atoms with van der Waals surface area (Å²) in [6, 6.07) is 5.71. The molecule has 0 saturated heterocycles. The Kier molecular flexibility index (Phi) is 3.09. The first-order valence-corrected chi connectivity index (χ1v) is 6.60. The zero-order valence-electron chi connectivity index (χ0n) is 12.3. The number of benzene rings is 1. The van der Waals surface area contributed by atoms with Crippen LogP contribution in [0.25, 0.3) is 0 Å². The summed E-state index contributed by atoms with van der Waals surface area (Å²) < 4.78 is 0. The molecule has 0 atom stereocenters. The van der Waals surface area contributed by atoms with Gasteiger partial charge in [0.2, 0.25) is 0 Å². The second kappa shape index (κ2) is 4.23. The van der Waals surface area contributed by atoms with Gasteiger partial charge in [-0.25, -0.2) is 0 Å². The smallest absolute Gasteiger partial charge is 0.251 e. The normalized spacial score (nSPS) is 19.9. The van der Waals surface area contributed by atoms with E-state index in [0.29, 0.717) is 5.56 Å². The number of hydrazine groups is 1. The lowest BCUT2D eigenvalue weighted by Gasteiger charge is -2.10. The van der Waals surface area contributed by atoms with Crippen LogP contribution in [0.15, 0.2) is 18.2 Å². The lowest BCUT2D eigenvalue weighted by molar-refractivity contribution is 0.0943. The third kappa shape index (κ3) is 2.10. The van der Waals surface area contributed by atoms with Gasteiger partial charge in [-0.1, -0.05) is 27.7 Å². The Hall–Kier alpha value is -1.55. The van der Waals surface area contributed by atoms with Gasteiger partial charge in [-0.3, -0.25) is 10.6 Å². The number of hydrogen-bond donors (Lipinski definition) is 3. The number of anilines is 1. The summed E-state index contributed by atoms with van der Waals surface area (Å²) in [5.41, 5.74) is 5.31. The molecule has 4 heteroatoms. The van der Waals surface area contributed by atoms with Crippen molar-refractivity contribution >= 4 is 11.6 Å². The van der Waals surface area contributed by atoms with Gasteiger partial charge in [-0.05, 0) is 41.5 Å². The van der Waals surface area contributed by atoms with Gasteiger partial charge in [0.1, 0.15) is 0 Å². The van der Waals surface area contributed by atoms with E-state index in [1.165, 1.54) is 0 Å². The molecule has 1 aliphatic rings. The summed E-state index contributed by atoms with van der Waals surface area (Å²) in [5.74, 6) is 5.35. The number of amides is 1. The maximum absolute atomic E-state index is 12.3. The van der Waals surface area contributed by atoms with Crippen LogP contribution in [-0.4, -0.2) is 11.9 Å². The average Bonchev–Trinajstić information content (AvgIpc) is 2.71. The van der Waals surface area contributed by atoms with Gasteiger partial charge in [0.15, 0.2) is 0 Å². The van der Waals surface area contributed by atoms with Crippen molar-refractivity contribution in [3.8, 4) is 0 Å². The number of nitrogens with one attached hydrogen (secondary N) is 2. The summed E-state index contributed by atoms with van der Waals surface area (Å²) in [5, 5.41) is 3.14. The SMILES string of the molecule is Cc1cc(NN)ccc1C(=O)NC1C(C)(C)C1(C)C. The lowest BCUT2D eigenvalue weighted by Crippen LogP contribution is -2.30. The molecule has 1 aromatic rings. The Labute approximate surface area is 114 Å². The largest absolute Gasteiger partial charge is 0.348 e. The standard InChI is InChI=1S/C15H23N3O/c1-9-8-10(18-16)6-7-11(9)12(19)17-13-14(2,3)15(13,4)5/h6-8,13,18H,16H2,1-5H3,(H,17,19). The molecule has 0 aliphatic heterocycles. The molecular formula is C15H23N3O. The van der Waals surface area contributed by atoms with Gasteiger partial charge in [0.25, 0.3) is 5.91 Å². The van der Waals surface area contributed by atoms with Crippen molar-refractivity contribution < 1.29 is 4.79 Å². The van der Waals surface area contributed by atoms with E-state index in [1.54, 1.807) is 0 Å². The van der Waals surface area contributed by atoms with Gasteiger partial charge in [0, 0.05) is 17.3 Å². The minimum atomic E-state index is -0.00952.